The van der Waals surface area contributed by atoms with Crippen molar-refractivity contribution in [1.82, 2.24) is 9.55 Å². The van der Waals surface area contributed by atoms with Gasteiger partial charge in [-0.15, -0.1) is 0 Å². The number of aromatic nitrogens is 2. The average molecular weight is 295 g/mol. The fourth-order valence-corrected chi connectivity index (χ4v) is 3.29. The van der Waals surface area contributed by atoms with E-state index in [1.54, 1.807) is 0 Å². The molecule has 0 saturated heterocycles. The van der Waals surface area contributed by atoms with Crippen molar-refractivity contribution in [2.45, 2.75) is 37.9 Å². The Morgan fingerprint density at radius 3 is 2.29 bits per heavy atom. The third-order valence-electron chi connectivity index (χ3n) is 4.55. The Kier molecular flexibility index (Phi) is 2.56. The number of hydrogen-bond donors (Lipinski definition) is 1. The number of imidazole rings is 1. The quantitative estimate of drug-likeness (QED) is 0.930. The summed E-state index contributed by atoms with van der Waals surface area (Å²) in [4.78, 5) is 4.17. The summed E-state index contributed by atoms with van der Waals surface area (Å²) in [5.74, 6) is 1.56. The smallest absolute Gasteiger partial charge is 0.369 e. The van der Waals surface area contributed by atoms with Crippen molar-refractivity contribution < 1.29 is 13.2 Å². The zero-order valence-corrected chi connectivity index (χ0v) is 11.4. The molecule has 0 unspecified atom stereocenters. The standard InChI is InChI=1S/C15H16F3N3/c16-15(17,18)10-5-6-12-11(7-10)20-14(19)21(12)13(8-1-2-8)9-3-4-9/h5-9,13H,1-4H2,(H2,19,20). The molecule has 2 N–H and O–H groups in total. The molecule has 0 atom stereocenters. The van der Waals surface area contributed by atoms with Crippen LogP contribution in [0.4, 0.5) is 19.1 Å². The molecule has 0 aliphatic heterocycles. The summed E-state index contributed by atoms with van der Waals surface area (Å²) in [5.41, 5.74) is 6.41. The van der Waals surface area contributed by atoms with Crippen LogP contribution in [0.25, 0.3) is 11.0 Å². The van der Waals surface area contributed by atoms with Gasteiger partial charge in [-0.25, -0.2) is 4.98 Å². The zero-order valence-electron chi connectivity index (χ0n) is 11.4. The van der Waals surface area contributed by atoms with Crippen LogP contribution in [0.2, 0.25) is 0 Å². The van der Waals surface area contributed by atoms with Crippen molar-refractivity contribution in [1.29, 1.82) is 0 Å². The topological polar surface area (TPSA) is 43.8 Å². The molecule has 0 amide bonds. The lowest BCUT2D eigenvalue weighted by atomic mass is 10.1. The predicted molar refractivity (Wildman–Crippen MR) is 73.6 cm³/mol. The molecule has 0 spiro atoms. The molecule has 4 rings (SSSR count). The van der Waals surface area contributed by atoms with E-state index in [4.69, 9.17) is 5.73 Å². The summed E-state index contributed by atoms with van der Waals surface area (Å²) in [6, 6.07) is 4.04. The first-order chi connectivity index (χ1) is 9.95. The molecule has 21 heavy (non-hydrogen) atoms. The maximum atomic E-state index is 12.8. The SMILES string of the molecule is Nc1nc2cc(C(F)(F)F)ccc2n1C(C1CC1)C1CC1. The summed E-state index contributed by atoms with van der Waals surface area (Å²) < 4.78 is 40.4. The summed E-state index contributed by atoms with van der Waals surface area (Å²) in [5, 5.41) is 0. The second kappa shape index (κ2) is 4.15. The lowest BCUT2D eigenvalue weighted by molar-refractivity contribution is -0.137. The number of nitrogen functional groups attached to an aromatic ring is 1. The first-order valence-corrected chi connectivity index (χ1v) is 7.30. The second-order valence-electron chi connectivity index (χ2n) is 6.21. The van der Waals surface area contributed by atoms with Gasteiger partial charge in [0, 0.05) is 6.04 Å². The number of alkyl halides is 3. The number of nitrogens with zero attached hydrogens (tertiary/aromatic N) is 2. The largest absolute Gasteiger partial charge is 0.416 e. The average Bonchev–Trinajstić information content (AvgIpc) is 3.29. The third-order valence-corrected chi connectivity index (χ3v) is 4.55. The monoisotopic (exact) mass is 295 g/mol. The van der Waals surface area contributed by atoms with Crippen LogP contribution in [0.5, 0.6) is 0 Å². The van der Waals surface area contributed by atoms with Crippen LogP contribution < -0.4 is 5.73 Å². The van der Waals surface area contributed by atoms with Crippen molar-refractivity contribution in [3.05, 3.63) is 23.8 Å². The van der Waals surface area contributed by atoms with E-state index in [1.807, 2.05) is 4.57 Å². The molecule has 0 bridgehead atoms. The van der Waals surface area contributed by atoms with Gasteiger partial charge in [-0.2, -0.15) is 13.2 Å². The van der Waals surface area contributed by atoms with E-state index in [0.29, 0.717) is 29.3 Å². The molecule has 1 heterocycles. The molecular formula is C15H16F3N3. The molecule has 3 nitrogen and oxygen atoms in total. The van der Waals surface area contributed by atoms with Crippen LogP contribution in [-0.2, 0) is 6.18 Å². The molecule has 0 radical (unpaired) electrons. The molecule has 6 heteroatoms. The predicted octanol–water partition coefficient (Wildman–Crippen LogP) is 4.00. The second-order valence-corrected chi connectivity index (χ2v) is 6.21. The molecule has 112 valence electrons. The first-order valence-electron chi connectivity index (χ1n) is 7.30. The van der Waals surface area contributed by atoms with Gasteiger partial charge >= 0.3 is 6.18 Å². The fourth-order valence-electron chi connectivity index (χ4n) is 3.29. The van der Waals surface area contributed by atoms with E-state index >= 15 is 0 Å². The summed E-state index contributed by atoms with van der Waals surface area (Å²) in [6.07, 6.45) is 0.378. The zero-order chi connectivity index (χ0) is 14.8. The number of rotatable bonds is 3. The third kappa shape index (κ3) is 2.17. The van der Waals surface area contributed by atoms with Crippen LogP contribution in [0.15, 0.2) is 18.2 Å². The van der Waals surface area contributed by atoms with Crippen LogP contribution in [-0.4, -0.2) is 9.55 Å². The van der Waals surface area contributed by atoms with Crippen molar-refractivity contribution in [3.8, 4) is 0 Å². The Labute approximate surface area is 119 Å². The van der Waals surface area contributed by atoms with Gasteiger partial charge in [-0.1, -0.05) is 0 Å². The van der Waals surface area contributed by atoms with E-state index in [-0.39, 0.29) is 0 Å². The van der Waals surface area contributed by atoms with E-state index < -0.39 is 11.7 Å². The summed E-state index contributed by atoms with van der Waals surface area (Å²) in [7, 11) is 0. The summed E-state index contributed by atoms with van der Waals surface area (Å²) in [6.45, 7) is 0. The highest BCUT2D eigenvalue weighted by atomic mass is 19.4. The molecular weight excluding hydrogens is 279 g/mol. The number of halogens is 3. The van der Waals surface area contributed by atoms with E-state index in [1.165, 1.54) is 31.7 Å². The van der Waals surface area contributed by atoms with Crippen LogP contribution in [0.3, 0.4) is 0 Å². The Morgan fingerprint density at radius 1 is 1.14 bits per heavy atom. The van der Waals surface area contributed by atoms with Crippen LogP contribution in [0.1, 0.15) is 37.3 Å². The minimum Gasteiger partial charge on any atom is -0.369 e. The molecule has 2 aromatic rings. The van der Waals surface area contributed by atoms with Crippen molar-refractivity contribution in [2.75, 3.05) is 5.73 Å². The highest BCUT2D eigenvalue weighted by molar-refractivity contribution is 5.79. The minimum atomic E-state index is -4.35. The van der Waals surface area contributed by atoms with Gasteiger partial charge < -0.3 is 10.3 Å². The number of hydrogen-bond acceptors (Lipinski definition) is 2. The Morgan fingerprint density at radius 2 is 1.76 bits per heavy atom. The van der Waals surface area contributed by atoms with E-state index in [2.05, 4.69) is 4.98 Å². The lowest BCUT2D eigenvalue weighted by Gasteiger charge is -2.20. The number of nitrogens with two attached hydrogens (primary N) is 1. The van der Waals surface area contributed by atoms with Crippen LogP contribution in [0, 0.1) is 11.8 Å². The van der Waals surface area contributed by atoms with E-state index in [9.17, 15) is 13.2 Å². The fraction of sp³-hybridized carbons (Fsp3) is 0.533. The normalized spacial score (nSPS) is 19.6. The molecule has 2 saturated carbocycles. The maximum Gasteiger partial charge on any atom is 0.416 e. The molecule has 1 aromatic carbocycles. The van der Waals surface area contributed by atoms with Gasteiger partial charge in [0.15, 0.2) is 0 Å². The van der Waals surface area contributed by atoms with Gasteiger partial charge in [0.25, 0.3) is 0 Å². The van der Waals surface area contributed by atoms with E-state index in [0.717, 1.165) is 17.6 Å². The lowest BCUT2D eigenvalue weighted by Crippen LogP contribution is -2.15. The molecule has 2 aliphatic rings. The highest BCUT2D eigenvalue weighted by Gasteiger charge is 2.44. The maximum absolute atomic E-state index is 12.8. The van der Waals surface area contributed by atoms with Crippen LogP contribution >= 0.6 is 0 Å². The van der Waals surface area contributed by atoms with Gasteiger partial charge in [0.1, 0.15) is 0 Å². The molecule has 2 aliphatic carbocycles. The van der Waals surface area contributed by atoms with Gasteiger partial charge in [0.2, 0.25) is 5.95 Å². The Hall–Kier alpha value is -1.72. The number of benzene rings is 1. The molecule has 1 aromatic heterocycles. The van der Waals surface area contributed by atoms with Gasteiger partial charge in [0.05, 0.1) is 16.6 Å². The molecule has 2 fully saturated rings. The van der Waals surface area contributed by atoms with Crippen molar-refractivity contribution >= 4 is 17.0 Å². The summed E-state index contributed by atoms with van der Waals surface area (Å²) >= 11 is 0. The Bertz CT molecular complexity index is 684. The highest BCUT2D eigenvalue weighted by Crippen LogP contribution is 2.53. The minimum absolute atomic E-state index is 0.312. The van der Waals surface area contributed by atoms with Gasteiger partial charge in [-0.3, -0.25) is 0 Å². The number of anilines is 1. The first kappa shape index (κ1) is 13.0. The number of fused-ring (bicyclic) bond motifs is 1. The van der Waals surface area contributed by atoms with Gasteiger partial charge in [-0.05, 0) is 55.7 Å². The Balaban J connectivity index is 1.83. The van der Waals surface area contributed by atoms with Crippen molar-refractivity contribution in [3.63, 3.8) is 0 Å². The van der Waals surface area contributed by atoms with Crippen molar-refractivity contribution in [2.24, 2.45) is 11.8 Å².